The first-order chi connectivity index (χ1) is 15.1. The second-order valence-electron chi connectivity index (χ2n) is 7.46. The highest BCUT2D eigenvalue weighted by atomic mass is 19.1. The smallest absolute Gasteiger partial charge is 0.255 e. The molecule has 158 valence electrons. The Morgan fingerprint density at radius 2 is 1.90 bits per heavy atom. The van der Waals surface area contributed by atoms with Gasteiger partial charge in [-0.2, -0.15) is 0 Å². The molecule has 2 aromatic carbocycles. The van der Waals surface area contributed by atoms with Crippen LogP contribution in [0.1, 0.15) is 34.3 Å². The maximum atomic E-state index is 13.5. The minimum atomic E-state index is -0.373. The first kappa shape index (κ1) is 20.5. The van der Waals surface area contributed by atoms with Crippen LogP contribution < -0.4 is 10.6 Å². The van der Waals surface area contributed by atoms with E-state index in [0.717, 1.165) is 24.1 Å². The molecule has 0 atom stereocenters. The first-order valence-electron chi connectivity index (χ1n) is 10.2. The molecule has 0 unspecified atom stereocenters. The van der Waals surface area contributed by atoms with Crippen LogP contribution in [-0.2, 0) is 17.9 Å². The summed E-state index contributed by atoms with van der Waals surface area (Å²) in [6.07, 6.45) is 3.10. The van der Waals surface area contributed by atoms with E-state index in [4.69, 9.17) is 0 Å². The molecule has 1 aliphatic rings. The van der Waals surface area contributed by atoms with Gasteiger partial charge in [-0.3, -0.25) is 9.59 Å². The zero-order valence-corrected chi connectivity index (χ0v) is 17.0. The quantitative estimate of drug-likeness (QED) is 0.608. The number of halogens is 1. The Morgan fingerprint density at radius 1 is 1.06 bits per heavy atom. The average molecular weight is 418 g/mol. The molecule has 0 spiro atoms. The maximum Gasteiger partial charge on any atom is 0.255 e. The molecule has 1 fully saturated rings. The van der Waals surface area contributed by atoms with Crippen LogP contribution in [0.3, 0.4) is 0 Å². The Hall–Kier alpha value is -3.74. The van der Waals surface area contributed by atoms with Crippen LogP contribution >= 0.6 is 0 Å². The van der Waals surface area contributed by atoms with Crippen molar-refractivity contribution in [3.8, 4) is 0 Å². The van der Waals surface area contributed by atoms with Gasteiger partial charge in [-0.05, 0) is 47.9 Å². The number of amides is 2. The summed E-state index contributed by atoms with van der Waals surface area (Å²) in [6, 6.07) is 17.2. The molecule has 31 heavy (non-hydrogen) atoms. The van der Waals surface area contributed by atoms with Crippen molar-refractivity contribution in [1.29, 1.82) is 0 Å². The van der Waals surface area contributed by atoms with Crippen LogP contribution in [0.15, 0.2) is 66.9 Å². The van der Waals surface area contributed by atoms with Crippen LogP contribution in [0.25, 0.3) is 0 Å². The number of aromatic nitrogens is 1. The lowest BCUT2D eigenvalue weighted by Crippen LogP contribution is -2.25. The van der Waals surface area contributed by atoms with Crippen molar-refractivity contribution in [3.63, 3.8) is 0 Å². The van der Waals surface area contributed by atoms with Crippen LogP contribution in [0.5, 0.6) is 0 Å². The lowest BCUT2D eigenvalue weighted by molar-refractivity contribution is -0.128. The summed E-state index contributed by atoms with van der Waals surface area (Å²) in [5.74, 6) is -0.116. The number of hydrogen-bond acceptors (Lipinski definition) is 4. The van der Waals surface area contributed by atoms with E-state index in [2.05, 4.69) is 15.6 Å². The first-order valence-corrected chi connectivity index (χ1v) is 10.2. The molecule has 2 amide bonds. The summed E-state index contributed by atoms with van der Waals surface area (Å²) in [5.41, 5.74) is 2.86. The van der Waals surface area contributed by atoms with Crippen molar-refractivity contribution < 1.29 is 14.0 Å². The number of hydrogen-bond donors (Lipinski definition) is 2. The van der Waals surface area contributed by atoms with E-state index in [1.165, 1.54) is 12.1 Å². The van der Waals surface area contributed by atoms with E-state index in [1.54, 1.807) is 30.5 Å². The highest BCUT2D eigenvalue weighted by Gasteiger charge is 2.20. The molecule has 0 aliphatic carbocycles. The number of anilines is 2. The number of nitrogens with one attached hydrogen (secondary N) is 2. The number of carbonyl (C=O) groups excluding carboxylic acids is 2. The van der Waals surface area contributed by atoms with Gasteiger partial charge in [-0.1, -0.05) is 30.3 Å². The molecule has 0 radical (unpaired) electrons. The molecule has 4 rings (SSSR count). The number of rotatable bonds is 7. The number of nitrogens with zero attached hydrogens (tertiary/aromatic N) is 2. The molecule has 2 N–H and O–H groups in total. The Labute approximate surface area is 180 Å². The SMILES string of the molecule is O=C(NCc1cccc(CN2CCCC2=O)c1)c1cccnc1Nc1cccc(F)c1. The van der Waals surface area contributed by atoms with Crippen molar-refractivity contribution in [2.24, 2.45) is 0 Å². The van der Waals surface area contributed by atoms with Crippen molar-refractivity contribution in [2.75, 3.05) is 11.9 Å². The third-order valence-corrected chi connectivity index (χ3v) is 5.13. The molecule has 1 saturated heterocycles. The molecule has 7 heteroatoms. The molecule has 3 aromatic rings. The van der Waals surface area contributed by atoms with E-state index >= 15 is 0 Å². The molecule has 0 saturated carbocycles. The van der Waals surface area contributed by atoms with E-state index in [-0.39, 0.29) is 17.6 Å². The Balaban J connectivity index is 1.41. The Morgan fingerprint density at radius 3 is 2.71 bits per heavy atom. The highest BCUT2D eigenvalue weighted by Crippen LogP contribution is 2.20. The molecule has 1 aromatic heterocycles. The van der Waals surface area contributed by atoms with Gasteiger partial charge in [0.25, 0.3) is 5.91 Å². The monoisotopic (exact) mass is 418 g/mol. The van der Waals surface area contributed by atoms with Gasteiger partial charge in [-0.25, -0.2) is 9.37 Å². The number of benzene rings is 2. The summed E-state index contributed by atoms with van der Waals surface area (Å²) >= 11 is 0. The third-order valence-electron chi connectivity index (χ3n) is 5.13. The zero-order chi connectivity index (χ0) is 21.6. The Bertz CT molecular complexity index is 1100. The van der Waals surface area contributed by atoms with E-state index in [0.29, 0.717) is 36.6 Å². The van der Waals surface area contributed by atoms with Gasteiger partial charge in [0.05, 0.1) is 5.56 Å². The average Bonchev–Trinajstić information content (AvgIpc) is 3.17. The van der Waals surface area contributed by atoms with Crippen molar-refractivity contribution in [3.05, 3.63) is 89.4 Å². The van der Waals surface area contributed by atoms with E-state index in [9.17, 15) is 14.0 Å². The molecule has 2 heterocycles. The fourth-order valence-electron chi connectivity index (χ4n) is 3.60. The molecule has 6 nitrogen and oxygen atoms in total. The Kier molecular flexibility index (Phi) is 6.21. The minimum Gasteiger partial charge on any atom is -0.348 e. The number of pyridine rings is 1. The maximum absolute atomic E-state index is 13.5. The highest BCUT2D eigenvalue weighted by molar-refractivity contribution is 5.99. The van der Waals surface area contributed by atoms with Gasteiger partial charge in [0.2, 0.25) is 5.91 Å². The van der Waals surface area contributed by atoms with E-state index < -0.39 is 0 Å². The predicted molar refractivity (Wildman–Crippen MR) is 116 cm³/mol. The largest absolute Gasteiger partial charge is 0.348 e. The van der Waals surface area contributed by atoms with Gasteiger partial charge in [-0.15, -0.1) is 0 Å². The second kappa shape index (κ2) is 9.38. The van der Waals surface area contributed by atoms with Gasteiger partial charge < -0.3 is 15.5 Å². The van der Waals surface area contributed by atoms with Crippen LogP contribution in [0.4, 0.5) is 15.9 Å². The summed E-state index contributed by atoms with van der Waals surface area (Å²) < 4.78 is 13.5. The minimum absolute atomic E-state index is 0.189. The topological polar surface area (TPSA) is 74.3 Å². The van der Waals surface area contributed by atoms with Gasteiger partial charge in [0.15, 0.2) is 0 Å². The molecule has 0 bridgehead atoms. The third kappa shape index (κ3) is 5.25. The van der Waals surface area contributed by atoms with Crippen LogP contribution in [0.2, 0.25) is 0 Å². The lowest BCUT2D eigenvalue weighted by atomic mass is 10.1. The van der Waals surface area contributed by atoms with E-state index in [1.807, 2.05) is 29.2 Å². The summed E-state index contributed by atoms with van der Waals surface area (Å²) in [6.45, 7) is 1.72. The lowest BCUT2D eigenvalue weighted by Gasteiger charge is -2.16. The normalized spacial score (nSPS) is 13.3. The summed E-state index contributed by atoms with van der Waals surface area (Å²) in [7, 11) is 0. The fourth-order valence-corrected chi connectivity index (χ4v) is 3.60. The van der Waals surface area contributed by atoms with Crippen molar-refractivity contribution in [2.45, 2.75) is 25.9 Å². The van der Waals surface area contributed by atoms with Crippen LogP contribution in [-0.4, -0.2) is 28.2 Å². The van der Waals surface area contributed by atoms with Gasteiger partial charge >= 0.3 is 0 Å². The molecular weight excluding hydrogens is 395 g/mol. The van der Waals surface area contributed by atoms with Gasteiger partial charge in [0, 0.05) is 37.9 Å². The molecule has 1 aliphatic heterocycles. The van der Waals surface area contributed by atoms with Crippen LogP contribution in [0, 0.1) is 5.82 Å². The number of carbonyl (C=O) groups is 2. The van der Waals surface area contributed by atoms with Crippen molar-refractivity contribution >= 4 is 23.3 Å². The zero-order valence-electron chi connectivity index (χ0n) is 17.0. The van der Waals surface area contributed by atoms with Crippen molar-refractivity contribution in [1.82, 2.24) is 15.2 Å². The summed E-state index contributed by atoms with van der Waals surface area (Å²) in [5, 5.41) is 5.91. The fraction of sp³-hybridized carbons (Fsp3) is 0.208. The van der Waals surface area contributed by atoms with Gasteiger partial charge in [0.1, 0.15) is 11.6 Å². The standard InChI is InChI=1S/C24H23FN4O2/c25-19-7-2-8-20(14-19)28-23-21(9-3-11-26-23)24(31)27-15-17-5-1-6-18(13-17)16-29-12-4-10-22(29)30/h1-3,5-9,11,13-14H,4,10,12,15-16H2,(H,26,28)(H,27,31). The second-order valence-corrected chi connectivity index (χ2v) is 7.46. The summed E-state index contributed by atoms with van der Waals surface area (Å²) in [4.78, 5) is 30.7. The number of likely N-dealkylation sites (tertiary alicyclic amines) is 1. The predicted octanol–water partition coefficient (Wildman–Crippen LogP) is 4.02. The molecular formula is C24H23FN4O2.